The summed E-state index contributed by atoms with van der Waals surface area (Å²) in [5.41, 5.74) is 0.960. The predicted octanol–water partition coefficient (Wildman–Crippen LogP) is 2.86. The first-order chi connectivity index (χ1) is 10.2. The van der Waals surface area contributed by atoms with Gasteiger partial charge in [0.25, 0.3) is 0 Å². The molecule has 0 aliphatic heterocycles. The maximum absolute atomic E-state index is 10.3. The quantitative estimate of drug-likeness (QED) is 0.617. The van der Waals surface area contributed by atoms with Gasteiger partial charge in [-0.2, -0.15) is 0 Å². The fourth-order valence-corrected chi connectivity index (χ4v) is 2.41. The third-order valence-electron chi connectivity index (χ3n) is 3.41. The van der Waals surface area contributed by atoms with E-state index < -0.39 is 6.10 Å². The molecule has 0 amide bonds. The summed E-state index contributed by atoms with van der Waals surface area (Å²) in [4.78, 5) is 2.31. The van der Waals surface area contributed by atoms with E-state index in [1.165, 1.54) is 0 Å². The van der Waals surface area contributed by atoms with Gasteiger partial charge in [0.15, 0.2) is 0 Å². The molecular formula is C16H26BrNO3. The maximum Gasteiger partial charge on any atom is 0.0802 e. The smallest absolute Gasteiger partial charge is 0.0802 e. The number of rotatable bonds is 11. The SMILES string of the molecule is COCCCN(CCOC)CCC(O)c1ccc(Br)cc1. The van der Waals surface area contributed by atoms with E-state index in [0.717, 1.165) is 49.1 Å². The number of aliphatic hydroxyl groups excluding tert-OH is 1. The van der Waals surface area contributed by atoms with Crippen molar-refractivity contribution in [2.75, 3.05) is 47.1 Å². The Morgan fingerprint density at radius 3 is 2.33 bits per heavy atom. The Hall–Kier alpha value is -0.460. The van der Waals surface area contributed by atoms with Gasteiger partial charge in [-0.05, 0) is 30.5 Å². The molecule has 0 aromatic heterocycles. The minimum absolute atomic E-state index is 0.425. The van der Waals surface area contributed by atoms with Crippen LogP contribution < -0.4 is 0 Å². The van der Waals surface area contributed by atoms with Crippen LogP contribution in [0.3, 0.4) is 0 Å². The van der Waals surface area contributed by atoms with Crippen LogP contribution in [0.15, 0.2) is 28.7 Å². The molecule has 1 unspecified atom stereocenters. The molecule has 0 heterocycles. The van der Waals surface area contributed by atoms with Crippen molar-refractivity contribution in [3.63, 3.8) is 0 Å². The van der Waals surface area contributed by atoms with Crippen LogP contribution in [0.25, 0.3) is 0 Å². The Bertz CT molecular complexity index is 372. The molecule has 1 atom stereocenters. The van der Waals surface area contributed by atoms with Crippen molar-refractivity contribution in [3.8, 4) is 0 Å². The van der Waals surface area contributed by atoms with Crippen LogP contribution >= 0.6 is 15.9 Å². The number of halogens is 1. The van der Waals surface area contributed by atoms with Gasteiger partial charge in [0.1, 0.15) is 0 Å². The molecule has 1 aromatic carbocycles. The van der Waals surface area contributed by atoms with Crippen molar-refractivity contribution >= 4 is 15.9 Å². The first kappa shape index (κ1) is 18.6. The minimum atomic E-state index is -0.425. The highest BCUT2D eigenvalue weighted by atomic mass is 79.9. The fourth-order valence-electron chi connectivity index (χ4n) is 2.14. The second-order valence-corrected chi connectivity index (χ2v) is 5.95. The normalized spacial score (nSPS) is 12.8. The van der Waals surface area contributed by atoms with E-state index in [1.807, 2.05) is 24.3 Å². The van der Waals surface area contributed by atoms with Crippen LogP contribution in [-0.4, -0.2) is 57.1 Å². The van der Waals surface area contributed by atoms with Crippen molar-refractivity contribution in [2.24, 2.45) is 0 Å². The van der Waals surface area contributed by atoms with Gasteiger partial charge < -0.3 is 19.5 Å². The third kappa shape index (κ3) is 7.93. The number of hydrogen-bond donors (Lipinski definition) is 1. The van der Waals surface area contributed by atoms with Crippen LogP contribution in [0.5, 0.6) is 0 Å². The van der Waals surface area contributed by atoms with Gasteiger partial charge >= 0.3 is 0 Å². The average Bonchev–Trinajstić information content (AvgIpc) is 2.50. The van der Waals surface area contributed by atoms with E-state index >= 15 is 0 Å². The second kappa shape index (κ2) is 11.2. The lowest BCUT2D eigenvalue weighted by Gasteiger charge is -2.23. The summed E-state index contributed by atoms with van der Waals surface area (Å²) in [6.45, 7) is 4.17. The molecule has 1 N–H and O–H groups in total. The fraction of sp³-hybridized carbons (Fsp3) is 0.625. The first-order valence-corrected chi connectivity index (χ1v) is 8.10. The molecule has 1 rings (SSSR count). The van der Waals surface area contributed by atoms with Crippen LogP contribution in [0.2, 0.25) is 0 Å². The molecule has 0 radical (unpaired) electrons. The Kier molecular flexibility index (Phi) is 9.87. The highest BCUT2D eigenvalue weighted by molar-refractivity contribution is 9.10. The Morgan fingerprint density at radius 1 is 1.05 bits per heavy atom. The van der Waals surface area contributed by atoms with Crippen molar-refractivity contribution in [2.45, 2.75) is 18.9 Å². The van der Waals surface area contributed by atoms with Crippen LogP contribution in [-0.2, 0) is 9.47 Å². The molecular weight excluding hydrogens is 334 g/mol. The topological polar surface area (TPSA) is 41.9 Å². The van der Waals surface area contributed by atoms with Crippen LogP contribution in [0.4, 0.5) is 0 Å². The van der Waals surface area contributed by atoms with Crippen LogP contribution in [0.1, 0.15) is 24.5 Å². The molecule has 1 aromatic rings. The van der Waals surface area contributed by atoms with Gasteiger partial charge in [0.05, 0.1) is 12.7 Å². The van der Waals surface area contributed by atoms with E-state index in [4.69, 9.17) is 9.47 Å². The first-order valence-electron chi connectivity index (χ1n) is 7.31. The summed E-state index contributed by atoms with van der Waals surface area (Å²) in [5.74, 6) is 0. The predicted molar refractivity (Wildman–Crippen MR) is 88.5 cm³/mol. The van der Waals surface area contributed by atoms with Gasteiger partial charge in [-0.15, -0.1) is 0 Å². The highest BCUT2D eigenvalue weighted by Gasteiger charge is 2.11. The molecule has 5 heteroatoms. The summed E-state index contributed by atoms with van der Waals surface area (Å²) >= 11 is 3.40. The van der Waals surface area contributed by atoms with Crippen molar-refractivity contribution < 1.29 is 14.6 Å². The lowest BCUT2D eigenvalue weighted by Crippen LogP contribution is -2.31. The molecule has 0 bridgehead atoms. The molecule has 0 aliphatic carbocycles. The largest absolute Gasteiger partial charge is 0.388 e. The lowest BCUT2D eigenvalue weighted by atomic mass is 10.1. The van der Waals surface area contributed by atoms with E-state index in [0.29, 0.717) is 6.61 Å². The molecule has 0 spiro atoms. The zero-order valence-electron chi connectivity index (χ0n) is 12.9. The van der Waals surface area contributed by atoms with Crippen molar-refractivity contribution in [1.82, 2.24) is 4.90 Å². The van der Waals surface area contributed by atoms with E-state index in [-0.39, 0.29) is 0 Å². The van der Waals surface area contributed by atoms with Crippen LogP contribution in [0, 0.1) is 0 Å². The summed E-state index contributed by atoms with van der Waals surface area (Å²) in [6.07, 6.45) is 1.29. The van der Waals surface area contributed by atoms with E-state index in [9.17, 15) is 5.11 Å². The summed E-state index contributed by atoms with van der Waals surface area (Å²) in [5, 5.41) is 10.3. The Labute approximate surface area is 136 Å². The number of ether oxygens (including phenoxy) is 2. The highest BCUT2D eigenvalue weighted by Crippen LogP contribution is 2.19. The van der Waals surface area contributed by atoms with Crippen molar-refractivity contribution in [3.05, 3.63) is 34.3 Å². The van der Waals surface area contributed by atoms with E-state index in [2.05, 4.69) is 20.8 Å². The molecule has 21 heavy (non-hydrogen) atoms. The molecule has 0 saturated heterocycles. The summed E-state index contributed by atoms with van der Waals surface area (Å²) in [7, 11) is 3.43. The van der Waals surface area contributed by atoms with E-state index in [1.54, 1.807) is 14.2 Å². The Morgan fingerprint density at radius 2 is 1.71 bits per heavy atom. The third-order valence-corrected chi connectivity index (χ3v) is 3.94. The molecule has 0 saturated carbocycles. The lowest BCUT2D eigenvalue weighted by molar-refractivity contribution is 0.109. The monoisotopic (exact) mass is 359 g/mol. The van der Waals surface area contributed by atoms with Gasteiger partial charge in [-0.25, -0.2) is 0 Å². The number of benzene rings is 1. The number of aliphatic hydroxyl groups is 1. The minimum Gasteiger partial charge on any atom is -0.388 e. The standard InChI is InChI=1S/C16H26BrNO3/c1-20-12-3-9-18(11-13-21-2)10-8-16(19)14-4-6-15(17)7-5-14/h4-7,16,19H,3,8-13H2,1-2H3. The summed E-state index contributed by atoms with van der Waals surface area (Å²) in [6, 6.07) is 7.83. The molecule has 0 fully saturated rings. The second-order valence-electron chi connectivity index (χ2n) is 5.04. The van der Waals surface area contributed by atoms with Gasteiger partial charge in [-0.1, -0.05) is 28.1 Å². The van der Waals surface area contributed by atoms with Crippen molar-refractivity contribution in [1.29, 1.82) is 0 Å². The number of hydrogen-bond acceptors (Lipinski definition) is 4. The Balaban J connectivity index is 2.40. The van der Waals surface area contributed by atoms with Gasteiger partial charge in [0, 0.05) is 44.9 Å². The van der Waals surface area contributed by atoms with Gasteiger partial charge in [-0.3, -0.25) is 0 Å². The molecule has 4 nitrogen and oxygen atoms in total. The maximum atomic E-state index is 10.3. The summed E-state index contributed by atoms with van der Waals surface area (Å²) < 4.78 is 11.3. The zero-order valence-corrected chi connectivity index (χ0v) is 14.5. The average molecular weight is 360 g/mol. The zero-order chi connectivity index (χ0) is 15.5. The number of methoxy groups -OCH3 is 2. The number of nitrogens with zero attached hydrogens (tertiary/aromatic N) is 1. The molecule has 120 valence electrons. The molecule has 0 aliphatic rings. The van der Waals surface area contributed by atoms with Gasteiger partial charge in [0.2, 0.25) is 0 Å².